The third kappa shape index (κ3) is 4.93. The zero-order chi connectivity index (χ0) is 12.3. The van der Waals surface area contributed by atoms with Crippen LogP contribution in [0.1, 0.15) is 23.1 Å². The van der Waals surface area contributed by atoms with Crippen LogP contribution in [0.15, 0.2) is 11.0 Å². The molecule has 0 saturated heterocycles. The number of aryl methyl sites for hydroxylation is 2. The number of hydrogen-bond acceptors (Lipinski definition) is 4. The SMILES string of the molecule is Cc1cc(S(=O)(=O)NCCC(C)N)c(C)s1.Cl. The minimum Gasteiger partial charge on any atom is -0.328 e. The molecule has 0 saturated carbocycles. The van der Waals surface area contributed by atoms with Gasteiger partial charge in [0.05, 0.1) is 4.90 Å². The van der Waals surface area contributed by atoms with Gasteiger partial charge in [-0.15, -0.1) is 23.7 Å². The van der Waals surface area contributed by atoms with Crippen molar-refractivity contribution in [3.8, 4) is 0 Å². The Morgan fingerprint density at radius 2 is 2.06 bits per heavy atom. The van der Waals surface area contributed by atoms with Crippen LogP contribution in [-0.4, -0.2) is 21.0 Å². The van der Waals surface area contributed by atoms with Gasteiger partial charge in [-0.1, -0.05) is 0 Å². The summed E-state index contributed by atoms with van der Waals surface area (Å²) in [7, 11) is -3.36. The molecule has 1 heterocycles. The van der Waals surface area contributed by atoms with Crippen LogP contribution in [0.3, 0.4) is 0 Å². The first-order valence-electron chi connectivity index (χ1n) is 5.15. The van der Waals surface area contributed by atoms with Crippen molar-refractivity contribution in [1.29, 1.82) is 0 Å². The highest BCUT2D eigenvalue weighted by Crippen LogP contribution is 2.24. The summed E-state index contributed by atoms with van der Waals surface area (Å²) >= 11 is 1.49. The highest BCUT2D eigenvalue weighted by atomic mass is 35.5. The van der Waals surface area contributed by atoms with Crippen molar-refractivity contribution in [1.82, 2.24) is 4.72 Å². The van der Waals surface area contributed by atoms with Gasteiger partial charge in [-0.05, 0) is 33.3 Å². The summed E-state index contributed by atoms with van der Waals surface area (Å²) < 4.78 is 26.4. The van der Waals surface area contributed by atoms with E-state index in [2.05, 4.69) is 4.72 Å². The maximum atomic E-state index is 11.9. The molecule has 3 N–H and O–H groups in total. The van der Waals surface area contributed by atoms with Gasteiger partial charge in [0, 0.05) is 22.3 Å². The molecule has 0 aromatic carbocycles. The summed E-state index contributed by atoms with van der Waals surface area (Å²) in [4.78, 5) is 2.22. The molecule has 0 bridgehead atoms. The van der Waals surface area contributed by atoms with Crippen LogP contribution in [-0.2, 0) is 10.0 Å². The molecule has 1 rings (SSSR count). The molecule has 4 nitrogen and oxygen atoms in total. The lowest BCUT2D eigenvalue weighted by atomic mass is 10.3. The standard InChI is InChI=1S/C10H18N2O2S2.ClH/c1-7(11)4-5-12-16(13,14)10-6-8(2)15-9(10)3;/h6-7,12H,4-5,11H2,1-3H3;1H. The molecule has 1 aromatic rings. The summed E-state index contributed by atoms with van der Waals surface area (Å²) in [5.74, 6) is 0. The van der Waals surface area contributed by atoms with Crippen molar-refractivity contribution in [2.75, 3.05) is 6.54 Å². The van der Waals surface area contributed by atoms with E-state index >= 15 is 0 Å². The van der Waals surface area contributed by atoms with Gasteiger partial charge >= 0.3 is 0 Å². The Hall–Kier alpha value is -0.140. The molecular formula is C10H19ClN2O2S2. The van der Waals surface area contributed by atoms with Crippen LogP contribution in [0, 0.1) is 13.8 Å². The van der Waals surface area contributed by atoms with E-state index in [1.54, 1.807) is 6.07 Å². The molecule has 1 aromatic heterocycles. The largest absolute Gasteiger partial charge is 0.328 e. The van der Waals surface area contributed by atoms with Gasteiger partial charge in [0.1, 0.15) is 0 Å². The van der Waals surface area contributed by atoms with Crippen molar-refractivity contribution in [3.63, 3.8) is 0 Å². The lowest BCUT2D eigenvalue weighted by molar-refractivity contribution is 0.571. The van der Waals surface area contributed by atoms with Crippen molar-refractivity contribution in [2.45, 2.75) is 38.1 Å². The monoisotopic (exact) mass is 298 g/mol. The Morgan fingerprint density at radius 1 is 1.47 bits per heavy atom. The van der Waals surface area contributed by atoms with Gasteiger partial charge < -0.3 is 5.73 Å². The van der Waals surface area contributed by atoms with E-state index in [1.807, 2.05) is 20.8 Å². The molecule has 1 unspecified atom stereocenters. The zero-order valence-corrected chi connectivity index (χ0v) is 12.6. The summed E-state index contributed by atoms with van der Waals surface area (Å²) in [5.41, 5.74) is 5.56. The zero-order valence-electron chi connectivity index (χ0n) is 10.2. The third-order valence-corrected chi connectivity index (χ3v) is 4.86. The molecular weight excluding hydrogens is 280 g/mol. The van der Waals surface area contributed by atoms with Gasteiger partial charge in [-0.3, -0.25) is 0 Å². The molecule has 1 atom stereocenters. The second-order valence-electron chi connectivity index (χ2n) is 3.94. The fourth-order valence-corrected chi connectivity index (χ4v) is 3.97. The fourth-order valence-electron chi connectivity index (χ4n) is 1.37. The van der Waals surface area contributed by atoms with E-state index in [1.165, 1.54) is 11.3 Å². The number of rotatable bonds is 5. The normalized spacial score (nSPS) is 13.2. The minimum atomic E-state index is -3.36. The Labute approximate surface area is 113 Å². The Balaban J connectivity index is 0.00000256. The second-order valence-corrected chi connectivity index (χ2v) is 7.14. The molecule has 100 valence electrons. The average Bonchev–Trinajstić information content (AvgIpc) is 2.44. The van der Waals surface area contributed by atoms with E-state index < -0.39 is 10.0 Å². The van der Waals surface area contributed by atoms with Crippen molar-refractivity contribution >= 4 is 33.8 Å². The molecule has 0 spiro atoms. The number of halogens is 1. The van der Waals surface area contributed by atoms with E-state index in [9.17, 15) is 8.42 Å². The highest BCUT2D eigenvalue weighted by Gasteiger charge is 2.18. The van der Waals surface area contributed by atoms with Crippen LogP contribution in [0.2, 0.25) is 0 Å². The maximum Gasteiger partial charge on any atom is 0.241 e. The number of sulfonamides is 1. The summed E-state index contributed by atoms with van der Waals surface area (Å²) in [6.45, 7) is 5.96. The Kier molecular flexibility index (Phi) is 6.65. The van der Waals surface area contributed by atoms with Gasteiger partial charge in [0.15, 0.2) is 0 Å². The highest BCUT2D eigenvalue weighted by molar-refractivity contribution is 7.89. The average molecular weight is 299 g/mol. The first-order valence-corrected chi connectivity index (χ1v) is 7.45. The lowest BCUT2D eigenvalue weighted by Crippen LogP contribution is -2.29. The van der Waals surface area contributed by atoms with Crippen LogP contribution in [0.4, 0.5) is 0 Å². The van der Waals surface area contributed by atoms with Crippen molar-refractivity contribution < 1.29 is 8.42 Å². The predicted octanol–water partition coefficient (Wildman–Crippen LogP) is 1.80. The molecule has 0 amide bonds. The van der Waals surface area contributed by atoms with Crippen molar-refractivity contribution in [3.05, 3.63) is 15.8 Å². The van der Waals surface area contributed by atoms with E-state index in [0.29, 0.717) is 17.9 Å². The number of hydrogen-bond donors (Lipinski definition) is 2. The van der Waals surface area contributed by atoms with Gasteiger partial charge in [0.25, 0.3) is 0 Å². The smallest absolute Gasteiger partial charge is 0.241 e. The van der Waals surface area contributed by atoms with Crippen LogP contribution >= 0.6 is 23.7 Å². The van der Waals surface area contributed by atoms with Crippen LogP contribution in [0.25, 0.3) is 0 Å². The number of nitrogens with two attached hydrogens (primary N) is 1. The number of nitrogens with one attached hydrogen (secondary N) is 1. The molecule has 0 aliphatic heterocycles. The predicted molar refractivity (Wildman–Crippen MR) is 74.5 cm³/mol. The summed E-state index contributed by atoms with van der Waals surface area (Å²) in [6, 6.07) is 1.71. The minimum absolute atomic E-state index is 0. The molecule has 0 radical (unpaired) electrons. The molecule has 0 fully saturated rings. The fraction of sp³-hybridized carbons (Fsp3) is 0.600. The number of thiophene rings is 1. The first kappa shape index (κ1) is 16.9. The lowest BCUT2D eigenvalue weighted by Gasteiger charge is -2.07. The van der Waals surface area contributed by atoms with Gasteiger partial charge in [0.2, 0.25) is 10.0 Å². The van der Waals surface area contributed by atoms with E-state index in [0.717, 1.165) is 9.75 Å². The first-order chi connectivity index (χ1) is 7.33. The van der Waals surface area contributed by atoms with Crippen LogP contribution < -0.4 is 10.5 Å². The quantitative estimate of drug-likeness (QED) is 0.871. The topological polar surface area (TPSA) is 72.2 Å². The van der Waals surface area contributed by atoms with E-state index in [4.69, 9.17) is 5.73 Å². The van der Waals surface area contributed by atoms with Gasteiger partial charge in [-0.2, -0.15) is 0 Å². The van der Waals surface area contributed by atoms with E-state index in [-0.39, 0.29) is 18.4 Å². The van der Waals surface area contributed by atoms with Gasteiger partial charge in [-0.25, -0.2) is 13.1 Å². The Bertz CT molecular complexity index is 455. The van der Waals surface area contributed by atoms with Crippen LogP contribution in [0.5, 0.6) is 0 Å². The Morgan fingerprint density at radius 3 is 2.47 bits per heavy atom. The summed E-state index contributed by atoms with van der Waals surface area (Å²) in [5, 5.41) is 0. The maximum absolute atomic E-state index is 11.9. The molecule has 7 heteroatoms. The second kappa shape index (κ2) is 6.70. The molecule has 0 aliphatic carbocycles. The third-order valence-electron chi connectivity index (χ3n) is 2.18. The molecule has 17 heavy (non-hydrogen) atoms. The van der Waals surface area contributed by atoms with Crippen molar-refractivity contribution in [2.24, 2.45) is 5.73 Å². The molecule has 0 aliphatic rings. The summed E-state index contributed by atoms with van der Waals surface area (Å²) in [6.07, 6.45) is 0.640.